The molecule has 0 heterocycles. The van der Waals surface area contributed by atoms with Crippen LogP contribution in [0, 0.1) is 6.92 Å². The first-order valence-electron chi connectivity index (χ1n) is 11.0. The molecule has 1 N–H and O–H groups in total. The maximum atomic E-state index is 13.0. The summed E-state index contributed by atoms with van der Waals surface area (Å²) in [7, 11) is -2.03. The van der Waals surface area contributed by atoms with Gasteiger partial charge in [0.05, 0.1) is 25.1 Å². The molecule has 176 valence electrons. The number of rotatable bonds is 8. The number of nitrogens with zero attached hydrogens (tertiary/aromatic N) is 1. The number of amides is 1. The van der Waals surface area contributed by atoms with Crippen LogP contribution in [-0.2, 0) is 14.8 Å². The lowest BCUT2D eigenvalue weighted by molar-refractivity contribution is -0.120. The van der Waals surface area contributed by atoms with Crippen LogP contribution >= 0.6 is 0 Å². The topological polar surface area (TPSA) is 75.7 Å². The summed E-state index contributed by atoms with van der Waals surface area (Å²) in [5.41, 5.74) is 3.52. The number of carbonyl (C=O) groups excluding carboxylic acids is 1. The normalized spacial score (nSPS) is 12.6. The van der Waals surface area contributed by atoms with E-state index in [9.17, 15) is 13.2 Å². The Balaban J connectivity index is 1.88. The number of ether oxygens (including phenoxy) is 1. The van der Waals surface area contributed by atoms with Crippen molar-refractivity contribution < 1.29 is 17.9 Å². The first-order valence-corrected chi connectivity index (χ1v) is 12.8. The minimum atomic E-state index is -3.68. The van der Waals surface area contributed by atoms with Gasteiger partial charge < -0.3 is 10.1 Å². The Hall–Kier alpha value is -3.06. The summed E-state index contributed by atoms with van der Waals surface area (Å²) in [5.74, 6) is 0.709. The third-order valence-corrected chi connectivity index (χ3v) is 6.93. The predicted octanol–water partition coefficient (Wildman–Crippen LogP) is 4.92. The molecule has 7 heteroatoms. The zero-order valence-electron chi connectivity index (χ0n) is 20.0. The molecule has 0 saturated heterocycles. The molecule has 0 aliphatic rings. The van der Waals surface area contributed by atoms with Gasteiger partial charge >= 0.3 is 0 Å². The van der Waals surface area contributed by atoms with Gasteiger partial charge in [0.2, 0.25) is 15.9 Å². The summed E-state index contributed by atoms with van der Waals surface area (Å²) < 4.78 is 32.0. The van der Waals surface area contributed by atoms with Crippen molar-refractivity contribution in [3.8, 4) is 5.75 Å². The second-order valence-corrected chi connectivity index (χ2v) is 10.6. The third-order valence-electron chi connectivity index (χ3n) is 5.81. The highest BCUT2D eigenvalue weighted by Gasteiger charge is 2.24. The van der Waals surface area contributed by atoms with Crippen molar-refractivity contribution in [3.05, 3.63) is 71.3 Å². The molecule has 1 amide bonds. The number of methoxy groups -OCH3 is 1. The zero-order valence-corrected chi connectivity index (χ0v) is 20.9. The molecule has 33 heavy (non-hydrogen) atoms. The van der Waals surface area contributed by atoms with E-state index in [1.807, 2.05) is 50.2 Å². The minimum Gasteiger partial charge on any atom is -0.496 e. The Labute approximate surface area is 196 Å². The first-order chi connectivity index (χ1) is 15.5. The van der Waals surface area contributed by atoms with E-state index in [-0.39, 0.29) is 24.4 Å². The van der Waals surface area contributed by atoms with Crippen LogP contribution in [0.2, 0.25) is 0 Å². The average molecular weight is 469 g/mol. The number of aryl methyl sites for hydroxylation is 1. The first kappa shape index (κ1) is 24.6. The van der Waals surface area contributed by atoms with E-state index in [1.165, 1.54) is 0 Å². The third kappa shape index (κ3) is 5.47. The highest BCUT2D eigenvalue weighted by molar-refractivity contribution is 7.92. The van der Waals surface area contributed by atoms with Crippen LogP contribution in [0.4, 0.5) is 5.69 Å². The van der Waals surface area contributed by atoms with E-state index in [1.54, 1.807) is 19.2 Å². The molecule has 0 aromatic heterocycles. The van der Waals surface area contributed by atoms with Gasteiger partial charge in [-0.2, -0.15) is 0 Å². The predicted molar refractivity (Wildman–Crippen MR) is 135 cm³/mol. The van der Waals surface area contributed by atoms with Crippen molar-refractivity contribution >= 4 is 32.4 Å². The summed E-state index contributed by atoms with van der Waals surface area (Å²) in [6, 6.07) is 16.7. The number of hydrogen-bond donors (Lipinski definition) is 1. The second-order valence-electron chi connectivity index (χ2n) is 8.66. The summed E-state index contributed by atoms with van der Waals surface area (Å²) >= 11 is 0. The molecule has 0 aliphatic heterocycles. The van der Waals surface area contributed by atoms with Crippen molar-refractivity contribution in [1.82, 2.24) is 5.32 Å². The van der Waals surface area contributed by atoms with E-state index >= 15 is 0 Å². The van der Waals surface area contributed by atoms with Gasteiger partial charge in [-0.1, -0.05) is 50.2 Å². The number of carbonyl (C=O) groups is 1. The maximum Gasteiger partial charge on any atom is 0.241 e. The molecule has 1 atom stereocenters. The number of benzene rings is 3. The van der Waals surface area contributed by atoms with E-state index in [4.69, 9.17) is 4.74 Å². The van der Waals surface area contributed by atoms with Gasteiger partial charge in [-0.25, -0.2) is 8.42 Å². The van der Waals surface area contributed by atoms with Crippen molar-refractivity contribution in [2.45, 2.75) is 39.7 Å². The van der Waals surface area contributed by atoms with E-state index in [0.717, 1.165) is 43.8 Å². The zero-order chi connectivity index (χ0) is 24.3. The van der Waals surface area contributed by atoms with Gasteiger partial charge in [-0.15, -0.1) is 0 Å². The largest absolute Gasteiger partial charge is 0.496 e. The van der Waals surface area contributed by atoms with E-state index < -0.39 is 10.0 Å². The molecule has 3 rings (SSSR count). The van der Waals surface area contributed by atoms with Crippen LogP contribution < -0.4 is 14.4 Å². The van der Waals surface area contributed by atoms with Gasteiger partial charge in [0.25, 0.3) is 0 Å². The van der Waals surface area contributed by atoms with E-state index in [2.05, 4.69) is 25.2 Å². The minimum absolute atomic E-state index is 0.259. The Morgan fingerprint density at radius 1 is 1.03 bits per heavy atom. The van der Waals surface area contributed by atoms with Gasteiger partial charge in [0.15, 0.2) is 0 Å². The summed E-state index contributed by atoms with van der Waals surface area (Å²) in [4.78, 5) is 13.0. The summed E-state index contributed by atoms with van der Waals surface area (Å²) in [5, 5.41) is 4.66. The summed E-state index contributed by atoms with van der Waals surface area (Å²) in [6.07, 6.45) is 1.12. The van der Waals surface area contributed by atoms with Gasteiger partial charge in [0, 0.05) is 5.39 Å². The van der Waals surface area contributed by atoms with Crippen LogP contribution in [0.5, 0.6) is 5.75 Å². The molecule has 0 saturated carbocycles. The fraction of sp³-hybridized carbons (Fsp3) is 0.346. The molecule has 0 bridgehead atoms. The average Bonchev–Trinajstić information content (AvgIpc) is 2.75. The number of sulfonamides is 1. The standard InChI is InChI=1S/C26H32N2O4S/c1-17(2)22-15-23(18(3)14-25(22)32-5)19(4)27-26(29)16-28(33(6,30)31)24-13-9-11-20-10-7-8-12-21(20)24/h7-15,17,19H,16H2,1-6H3,(H,27,29)/t19-/m1/s1. The Morgan fingerprint density at radius 3 is 2.33 bits per heavy atom. The molecule has 0 aliphatic carbocycles. The molecular weight excluding hydrogens is 436 g/mol. The molecule has 0 fully saturated rings. The van der Waals surface area contributed by atoms with Crippen LogP contribution in [0.15, 0.2) is 54.6 Å². The SMILES string of the molecule is COc1cc(C)c([C@@H](C)NC(=O)CN(c2cccc3ccccc23)S(C)(=O)=O)cc1C(C)C. The lowest BCUT2D eigenvalue weighted by atomic mass is 9.93. The van der Waals surface area contributed by atoms with Crippen LogP contribution in [-0.4, -0.2) is 34.2 Å². The van der Waals surface area contributed by atoms with Crippen molar-refractivity contribution in [2.24, 2.45) is 0 Å². The quantitative estimate of drug-likeness (QED) is 0.509. The Morgan fingerprint density at radius 2 is 1.70 bits per heavy atom. The molecular formula is C26H32N2O4S. The highest BCUT2D eigenvalue weighted by Crippen LogP contribution is 2.32. The number of nitrogens with one attached hydrogen (secondary N) is 1. The fourth-order valence-electron chi connectivity index (χ4n) is 4.11. The molecule has 0 spiro atoms. The maximum absolute atomic E-state index is 13.0. The molecule has 0 radical (unpaired) electrons. The van der Waals surface area contributed by atoms with Gasteiger partial charge in [-0.05, 0) is 60.0 Å². The Kier molecular flexibility index (Phi) is 7.32. The monoisotopic (exact) mass is 468 g/mol. The molecule has 3 aromatic carbocycles. The molecule has 6 nitrogen and oxygen atoms in total. The van der Waals surface area contributed by atoms with Crippen LogP contribution in [0.1, 0.15) is 49.4 Å². The number of anilines is 1. The van der Waals surface area contributed by atoms with Gasteiger partial charge in [0.1, 0.15) is 12.3 Å². The molecule has 0 unspecified atom stereocenters. The molecule has 3 aromatic rings. The number of fused-ring (bicyclic) bond motifs is 1. The summed E-state index contributed by atoms with van der Waals surface area (Å²) in [6.45, 7) is 7.76. The van der Waals surface area contributed by atoms with Crippen molar-refractivity contribution in [2.75, 3.05) is 24.2 Å². The van der Waals surface area contributed by atoms with Crippen LogP contribution in [0.3, 0.4) is 0 Å². The lowest BCUT2D eigenvalue weighted by Gasteiger charge is -2.25. The van der Waals surface area contributed by atoms with Crippen molar-refractivity contribution in [3.63, 3.8) is 0 Å². The Bertz CT molecular complexity index is 1260. The van der Waals surface area contributed by atoms with Crippen molar-refractivity contribution in [1.29, 1.82) is 0 Å². The highest BCUT2D eigenvalue weighted by atomic mass is 32.2. The number of hydrogen-bond acceptors (Lipinski definition) is 4. The second kappa shape index (κ2) is 9.83. The van der Waals surface area contributed by atoms with Gasteiger partial charge in [-0.3, -0.25) is 9.10 Å². The van der Waals surface area contributed by atoms with E-state index in [0.29, 0.717) is 5.69 Å². The van der Waals surface area contributed by atoms with Crippen LogP contribution in [0.25, 0.3) is 10.8 Å². The lowest BCUT2D eigenvalue weighted by Crippen LogP contribution is -2.41. The smallest absolute Gasteiger partial charge is 0.241 e. The fourth-order valence-corrected chi connectivity index (χ4v) is 4.98.